The number of carbonyl (C=O) groups excluding carboxylic acids is 1. The van der Waals surface area contributed by atoms with Gasteiger partial charge in [0, 0.05) is 28.5 Å². The highest BCUT2D eigenvalue weighted by molar-refractivity contribution is 7.15. The molecule has 0 aliphatic rings. The predicted octanol–water partition coefficient (Wildman–Crippen LogP) is 4.87. The summed E-state index contributed by atoms with van der Waals surface area (Å²) in [6, 6.07) is 13.8. The lowest BCUT2D eigenvalue weighted by Gasteiger charge is -2.11. The molecular formula is C22H21N3O2S. The second-order valence-corrected chi connectivity index (χ2v) is 7.57. The van der Waals surface area contributed by atoms with Crippen LogP contribution in [-0.2, 0) is 11.2 Å². The fourth-order valence-electron chi connectivity index (χ4n) is 3.24. The molecule has 0 atom stereocenters. The average Bonchev–Trinajstić information content (AvgIpc) is 3.27. The van der Waals surface area contributed by atoms with Crippen LogP contribution in [0.25, 0.3) is 16.2 Å². The highest BCUT2D eigenvalue weighted by atomic mass is 32.1. The van der Waals surface area contributed by atoms with Gasteiger partial charge in [-0.25, -0.2) is 4.98 Å². The van der Waals surface area contributed by atoms with E-state index in [0.717, 1.165) is 44.5 Å². The summed E-state index contributed by atoms with van der Waals surface area (Å²) in [6.45, 7) is 4.00. The maximum Gasteiger partial charge on any atom is 0.230 e. The molecule has 0 unspecified atom stereocenters. The molecular weight excluding hydrogens is 370 g/mol. The first kappa shape index (κ1) is 18.3. The van der Waals surface area contributed by atoms with Crippen LogP contribution in [0.5, 0.6) is 5.75 Å². The van der Waals surface area contributed by atoms with Crippen molar-refractivity contribution < 1.29 is 9.53 Å². The number of anilines is 1. The lowest BCUT2D eigenvalue weighted by Crippen LogP contribution is -2.16. The summed E-state index contributed by atoms with van der Waals surface area (Å²) < 4.78 is 7.29. The Bertz CT molecular complexity index is 1140. The lowest BCUT2D eigenvalue weighted by molar-refractivity contribution is -0.115. The fraction of sp³-hybridized carbons (Fsp3) is 0.182. The first-order valence-electron chi connectivity index (χ1n) is 9.01. The molecule has 6 heteroatoms. The number of ether oxygens (including phenoxy) is 1. The molecule has 0 radical (unpaired) electrons. The van der Waals surface area contributed by atoms with Crippen LogP contribution in [-0.4, -0.2) is 22.4 Å². The standard InChI is InChI=1S/C22H21N3O2S/c1-14-6-4-7-15(2)21(14)24-20(26)11-17-13-28-22-23-19(12-25(17)22)16-8-5-9-18(10-16)27-3/h4-10,12-13H,11H2,1-3H3,(H,24,26). The van der Waals surface area contributed by atoms with Crippen LogP contribution in [0.15, 0.2) is 54.0 Å². The number of aromatic nitrogens is 2. The monoisotopic (exact) mass is 391 g/mol. The molecule has 142 valence electrons. The van der Waals surface area contributed by atoms with Crippen molar-refractivity contribution in [1.82, 2.24) is 9.38 Å². The van der Waals surface area contributed by atoms with E-state index in [-0.39, 0.29) is 5.91 Å². The summed E-state index contributed by atoms with van der Waals surface area (Å²) in [5, 5.41) is 5.04. The van der Waals surface area contributed by atoms with Gasteiger partial charge in [0.1, 0.15) is 5.75 Å². The predicted molar refractivity (Wildman–Crippen MR) is 113 cm³/mol. The zero-order chi connectivity index (χ0) is 19.7. The summed E-state index contributed by atoms with van der Waals surface area (Å²) in [6.07, 6.45) is 2.27. The van der Waals surface area contributed by atoms with E-state index in [1.807, 2.05) is 72.3 Å². The first-order chi connectivity index (χ1) is 13.5. The molecule has 2 aromatic heterocycles. The third-order valence-electron chi connectivity index (χ3n) is 4.74. The van der Waals surface area contributed by atoms with Crippen LogP contribution < -0.4 is 10.1 Å². The van der Waals surface area contributed by atoms with Gasteiger partial charge >= 0.3 is 0 Å². The van der Waals surface area contributed by atoms with E-state index in [2.05, 4.69) is 5.32 Å². The number of imidazole rings is 1. The van der Waals surface area contributed by atoms with Crippen molar-refractivity contribution in [3.63, 3.8) is 0 Å². The Morgan fingerprint density at radius 3 is 2.68 bits per heavy atom. The van der Waals surface area contributed by atoms with E-state index in [9.17, 15) is 4.79 Å². The summed E-state index contributed by atoms with van der Waals surface area (Å²) in [5.74, 6) is 0.760. The Morgan fingerprint density at radius 2 is 1.93 bits per heavy atom. The van der Waals surface area contributed by atoms with Gasteiger partial charge < -0.3 is 10.1 Å². The van der Waals surface area contributed by atoms with Gasteiger partial charge in [-0.2, -0.15) is 0 Å². The van der Waals surface area contributed by atoms with E-state index in [1.54, 1.807) is 7.11 Å². The number of carbonyl (C=O) groups is 1. The number of hydrogen-bond acceptors (Lipinski definition) is 4. The van der Waals surface area contributed by atoms with Crippen LogP contribution in [0, 0.1) is 13.8 Å². The Hall–Kier alpha value is -3.12. The molecule has 5 nitrogen and oxygen atoms in total. The van der Waals surface area contributed by atoms with Crippen molar-refractivity contribution in [2.45, 2.75) is 20.3 Å². The van der Waals surface area contributed by atoms with Crippen molar-refractivity contribution in [2.24, 2.45) is 0 Å². The molecule has 4 rings (SSSR count). The van der Waals surface area contributed by atoms with Crippen LogP contribution >= 0.6 is 11.3 Å². The van der Waals surface area contributed by atoms with Gasteiger partial charge in [-0.3, -0.25) is 9.20 Å². The highest BCUT2D eigenvalue weighted by Crippen LogP contribution is 2.27. The van der Waals surface area contributed by atoms with Crippen LogP contribution in [0.4, 0.5) is 5.69 Å². The van der Waals surface area contributed by atoms with Crippen molar-refractivity contribution in [3.05, 3.63) is 70.9 Å². The largest absolute Gasteiger partial charge is 0.497 e. The van der Waals surface area contributed by atoms with Gasteiger partial charge in [0.25, 0.3) is 0 Å². The number of hydrogen-bond donors (Lipinski definition) is 1. The van der Waals surface area contributed by atoms with Crippen LogP contribution in [0.3, 0.4) is 0 Å². The topological polar surface area (TPSA) is 55.6 Å². The zero-order valence-electron chi connectivity index (χ0n) is 16.0. The highest BCUT2D eigenvalue weighted by Gasteiger charge is 2.14. The number of nitrogens with zero attached hydrogens (tertiary/aromatic N) is 2. The molecule has 1 amide bonds. The quantitative estimate of drug-likeness (QED) is 0.528. The maximum absolute atomic E-state index is 12.6. The molecule has 0 aliphatic heterocycles. The molecule has 0 bridgehead atoms. The van der Waals surface area contributed by atoms with Gasteiger partial charge in [0.2, 0.25) is 5.91 Å². The number of benzene rings is 2. The Morgan fingerprint density at radius 1 is 1.18 bits per heavy atom. The number of nitrogens with one attached hydrogen (secondary N) is 1. The van der Waals surface area contributed by atoms with Crippen molar-refractivity contribution in [2.75, 3.05) is 12.4 Å². The normalized spacial score (nSPS) is 11.0. The van der Waals surface area contributed by atoms with E-state index >= 15 is 0 Å². The van der Waals surface area contributed by atoms with Crippen LogP contribution in [0.2, 0.25) is 0 Å². The van der Waals surface area contributed by atoms with Crippen molar-refractivity contribution >= 4 is 27.9 Å². The minimum atomic E-state index is -0.0336. The third-order valence-corrected chi connectivity index (χ3v) is 5.62. The lowest BCUT2D eigenvalue weighted by atomic mass is 10.1. The SMILES string of the molecule is COc1cccc(-c2cn3c(CC(=O)Nc4c(C)cccc4C)csc3n2)c1. The summed E-state index contributed by atoms with van der Waals surface area (Å²) >= 11 is 1.53. The first-order valence-corrected chi connectivity index (χ1v) is 9.89. The van der Waals surface area contributed by atoms with Gasteiger partial charge in [0.05, 0.1) is 19.2 Å². The molecule has 0 spiro atoms. The number of methoxy groups -OCH3 is 1. The van der Waals surface area contributed by atoms with Crippen LogP contribution in [0.1, 0.15) is 16.8 Å². The van der Waals surface area contributed by atoms with E-state index < -0.39 is 0 Å². The van der Waals surface area contributed by atoms with Gasteiger partial charge in [-0.1, -0.05) is 30.3 Å². The molecule has 2 heterocycles. The minimum absolute atomic E-state index is 0.0336. The second kappa shape index (κ2) is 7.48. The van der Waals surface area contributed by atoms with E-state index in [1.165, 1.54) is 11.3 Å². The summed E-state index contributed by atoms with van der Waals surface area (Å²) in [7, 11) is 1.65. The minimum Gasteiger partial charge on any atom is -0.497 e. The third kappa shape index (κ3) is 3.51. The number of fused-ring (bicyclic) bond motifs is 1. The molecule has 0 saturated carbocycles. The van der Waals surface area contributed by atoms with Gasteiger partial charge in [-0.15, -0.1) is 11.3 Å². The number of aryl methyl sites for hydroxylation is 2. The maximum atomic E-state index is 12.6. The summed E-state index contributed by atoms with van der Waals surface area (Å²) in [5.41, 5.74) is 5.79. The molecule has 2 aromatic carbocycles. The molecule has 0 fully saturated rings. The zero-order valence-corrected chi connectivity index (χ0v) is 16.8. The summed E-state index contributed by atoms with van der Waals surface area (Å²) in [4.78, 5) is 18.2. The second-order valence-electron chi connectivity index (χ2n) is 6.73. The smallest absolute Gasteiger partial charge is 0.230 e. The number of amides is 1. The van der Waals surface area contributed by atoms with Gasteiger partial charge in [0.15, 0.2) is 4.96 Å². The Balaban J connectivity index is 1.58. The molecule has 4 aromatic rings. The molecule has 0 saturated heterocycles. The Labute approximate surface area is 167 Å². The Kier molecular flexibility index (Phi) is 4.88. The molecule has 1 N–H and O–H groups in total. The fourth-order valence-corrected chi connectivity index (χ4v) is 4.11. The average molecular weight is 391 g/mol. The van der Waals surface area contributed by atoms with E-state index in [4.69, 9.17) is 9.72 Å². The van der Waals surface area contributed by atoms with Crippen molar-refractivity contribution in [1.29, 1.82) is 0 Å². The van der Waals surface area contributed by atoms with Crippen molar-refractivity contribution in [3.8, 4) is 17.0 Å². The number of rotatable bonds is 5. The molecule has 0 aliphatic carbocycles. The number of thiazole rings is 1. The molecule has 28 heavy (non-hydrogen) atoms. The van der Waals surface area contributed by atoms with E-state index in [0.29, 0.717) is 6.42 Å². The van der Waals surface area contributed by atoms with Gasteiger partial charge in [-0.05, 0) is 37.1 Å². The number of para-hydroxylation sites is 1.